The topological polar surface area (TPSA) is 119 Å². The Balaban J connectivity index is 1.50. The van der Waals surface area contributed by atoms with Crippen LogP contribution in [0.25, 0.3) is 10.9 Å². The summed E-state index contributed by atoms with van der Waals surface area (Å²) in [4.78, 5) is 37.4. The smallest absolute Gasteiger partial charge is 0.409 e. The number of pyridine rings is 1. The molecule has 0 radical (unpaired) electrons. The monoisotopic (exact) mass is 465 g/mol. The van der Waals surface area contributed by atoms with Gasteiger partial charge in [-0.1, -0.05) is 25.5 Å². The molecule has 0 atom stereocenters. The van der Waals surface area contributed by atoms with Crippen molar-refractivity contribution in [3.63, 3.8) is 0 Å². The van der Waals surface area contributed by atoms with E-state index < -0.39 is 0 Å². The number of benzene rings is 1. The minimum atomic E-state index is -0.285. The molecule has 10 heteroatoms. The normalized spacial score (nSPS) is 13.8. The van der Waals surface area contributed by atoms with Crippen molar-refractivity contribution in [2.45, 2.75) is 26.3 Å². The number of nitrogens with zero attached hydrogens (tertiary/aromatic N) is 5. The number of aromatic nitrogens is 3. The highest BCUT2D eigenvalue weighted by molar-refractivity contribution is 5.89. The molecule has 10 nitrogen and oxygen atoms in total. The molecule has 180 valence electrons. The van der Waals surface area contributed by atoms with Crippen LogP contribution >= 0.6 is 0 Å². The maximum absolute atomic E-state index is 13.3. The van der Waals surface area contributed by atoms with E-state index >= 15 is 0 Å². The van der Waals surface area contributed by atoms with Gasteiger partial charge in [-0.15, -0.1) is 0 Å². The molecule has 34 heavy (non-hydrogen) atoms. The molecule has 1 saturated heterocycles. The first-order valence-electron chi connectivity index (χ1n) is 11.6. The number of methoxy groups -OCH3 is 1. The maximum atomic E-state index is 13.3. The van der Waals surface area contributed by atoms with Crippen LogP contribution in [-0.4, -0.2) is 65.4 Å². The Morgan fingerprint density at radius 3 is 2.53 bits per heavy atom. The van der Waals surface area contributed by atoms with Crippen molar-refractivity contribution in [1.29, 1.82) is 0 Å². The van der Waals surface area contributed by atoms with Gasteiger partial charge in [-0.25, -0.2) is 9.78 Å². The van der Waals surface area contributed by atoms with E-state index in [1.807, 2.05) is 12.1 Å². The van der Waals surface area contributed by atoms with Gasteiger partial charge in [0.15, 0.2) is 0 Å². The summed E-state index contributed by atoms with van der Waals surface area (Å²) in [5.74, 6) is 0.628. The highest BCUT2D eigenvalue weighted by Gasteiger charge is 2.21. The first-order chi connectivity index (χ1) is 16.5. The van der Waals surface area contributed by atoms with E-state index in [0.29, 0.717) is 42.9 Å². The number of rotatable bonds is 7. The largest absolute Gasteiger partial charge is 0.453 e. The van der Waals surface area contributed by atoms with Crippen LogP contribution in [0.5, 0.6) is 0 Å². The molecule has 0 unspecified atom stereocenters. The van der Waals surface area contributed by atoms with Crippen LogP contribution in [-0.2, 0) is 11.3 Å². The first-order valence-corrected chi connectivity index (χ1v) is 11.6. The van der Waals surface area contributed by atoms with Gasteiger partial charge in [-0.2, -0.15) is 4.98 Å². The number of nitrogens with two attached hydrogens (primary N) is 1. The molecule has 3 heterocycles. The molecule has 3 N–H and O–H groups in total. The van der Waals surface area contributed by atoms with Crippen molar-refractivity contribution in [3.05, 3.63) is 52.4 Å². The van der Waals surface area contributed by atoms with E-state index in [1.165, 1.54) is 7.11 Å². The van der Waals surface area contributed by atoms with Gasteiger partial charge in [0.05, 0.1) is 19.2 Å². The lowest BCUT2D eigenvalue weighted by Crippen LogP contribution is -2.48. The van der Waals surface area contributed by atoms with Gasteiger partial charge in [0, 0.05) is 44.6 Å². The Morgan fingerprint density at radius 2 is 1.85 bits per heavy atom. The Hall–Kier alpha value is -3.82. The summed E-state index contributed by atoms with van der Waals surface area (Å²) in [7, 11) is 1.40. The SMILES string of the molecule is CCCCNc1nc(N)nc2ccn(Cc3ccc(N4CCN(C(=O)OC)CC4)cc3)c(=O)c12. The first kappa shape index (κ1) is 23.3. The number of carbonyl (C=O) groups is 1. The summed E-state index contributed by atoms with van der Waals surface area (Å²) >= 11 is 0. The van der Waals surface area contributed by atoms with Gasteiger partial charge < -0.3 is 30.2 Å². The van der Waals surface area contributed by atoms with E-state index in [-0.39, 0.29) is 17.6 Å². The number of anilines is 3. The number of fused-ring (bicyclic) bond motifs is 1. The Kier molecular flexibility index (Phi) is 7.15. The number of carbonyl (C=O) groups excluding carboxylic acids is 1. The zero-order valence-electron chi connectivity index (χ0n) is 19.7. The second-order valence-corrected chi connectivity index (χ2v) is 8.33. The fourth-order valence-electron chi connectivity index (χ4n) is 4.12. The number of nitrogens with one attached hydrogen (secondary N) is 1. The average molecular weight is 466 g/mol. The minimum Gasteiger partial charge on any atom is -0.453 e. The Labute approximate surface area is 198 Å². The predicted molar refractivity (Wildman–Crippen MR) is 133 cm³/mol. The summed E-state index contributed by atoms with van der Waals surface area (Å²) in [5, 5.41) is 3.69. The van der Waals surface area contributed by atoms with E-state index in [1.54, 1.807) is 21.7 Å². The quantitative estimate of drug-likeness (QED) is 0.511. The van der Waals surface area contributed by atoms with Gasteiger partial charge in [0.1, 0.15) is 11.2 Å². The van der Waals surface area contributed by atoms with Crippen LogP contribution in [0.1, 0.15) is 25.3 Å². The number of amides is 1. The average Bonchev–Trinajstić information content (AvgIpc) is 2.85. The second-order valence-electron chi connectivity index (χ2n) is 8.33. The molecule has 1 aliphatic rings. The summed E-state index contributed by atoms with van der Waals surface area (Å²) < 4.78 is 6.46. The van der Waals surface area contributed by atoms with Crippen molar-refractivity contribution in [2.24, 2.45) is 0 Å². The molecule has 0 aliphatic carbocycles. The molecule has 1 aliphatic heterocycles. The lowest BCUT2D eigenvalue weighted by atomic mass is 10.1. The van der Waals surface area contributed by atoms with Gasteiger partial charge in [-0.05, 0) is 30.2 Å². The number of nitrogen functional groups attached to an aromatic ring is 1. The molecule has 3 aromatic rings. The van der Waals surface area contributed by atoms with Crippen LogP contribution < -0.4 is 21.5 Å². The fourth-order valence-corrected chi connectivity index (χ4v) is 4.12. The molecule has 0 spiro atoms. The zero-order chi connectivity index (χ0) is 24.1. The number of hydrogen-bond donors (Lipinski definition) is 2. The third-order valence-electron chi connectivity index (χ3n) is 6.03. The third kappa shape index (κ3) is 5.05. The number of ether oxygens (including phenoxy) is 1. The molecule has 1 amide bonds. The summed E-state index contributed by atoms with van der Waals surface area (Å²) in [6.07, 6.45) is 3.46. The predicted octanol–water partition coefficient (Wildman–Crippen LogP) is 2.52. The van der Waals surface area contributed by atoms with Crippen LogP contribution in [0.15, 0.2) is 41.3 Å². The summed E-state index contributed by atoms with van der Waals surface area (Å²) in [6.45, 7) is 6.00. The van der Waals surface area contributed by atoms with Crippen molar-refractivity contribution in [3.8, 4) is 0 Å². The zero-order valence-corrected chi connectivity index (χ0v) is 19.7. The van der Waals surface area contributed by atoms with Crippen LogP contribution in [0, 0.1) is 0 Å². The molecule has 0 saturated carbocycles. The number of piperazine rings is 1. The highest BCUT2D eigenvalue weighted by atomic mass is 16.5. The molecule has 2 aromatic heterocycles. The third-order valence-corrected chi connectivity index (χ3v) is 6.03. The Morgan fingerprint density at radius 1 is 1.12 bits per heavy atom. The minimum absolute atomic E-state index is 0.145. The van der Waals surface area contributed by atoms with Gasteiger partial charge in [-0.3, -0.25) is 4.79 Å². The van der Waals surface area contributed by atoms with Crippen LogP contribution in [0.2, 0.25) is 0 Å². The van der Waals surface area contributed by atoms with Crippen molar-refractivity contribution in [1.82, 2.24) is 19.4 Å². The molecule has 1 aromatic carbocycles. The molecular formula is C24H31N7O3. The lowest BCUT2D eigenvalue weighted by Gasteiger charge is -2.35. The van der Waals surface area contributed by atoms with Crippen molar-refractivity contribution >= 4 is 34.4 Å². The molecular weight excluding hydrogens is 434 g/mol. The summed E-state index contributed by atoms with van der Waals surface area (Å²) in [5.41, 5.74) is 8.33. The number of hydrogen-bond acceptors (Lipinski definition) is 8. The van der Waals surface area contributed by atoms with E-state index in [9.17, 15) is 9.59 Å². The molecule has 0 bridgehead atoms. The number of unbranched alkanes of at least 4 members (excludes halogenated alkanes) is 1. The van der Waals surface area contributed by atoms with Gasteiger partial charge in [0.25, 0.3) is 5.56 Å². The van der Waals surface area contributed by atoms with Crippen LogP contribution in [0.4, 0.5) is 22.2 Å². The molecule has 4 rings (SSSR count). The highest BCUT2D eigenvalue weighted by Crippen LogP contribution is 2.20. The van der Waals surface area contributed by atoms with E-state index in [4.69, 9.17) is 10.5 Å². The maximum Gasteiger partial charge on any atom is 0.409 e. The standard InChI is InChI=1S/C24H31N7O3/c1-3-4-10-26-21-20-19(27-23(25)28-21)9-11-31(22(20)32)16-17-5-7-18(8-6-17)29-12-14-30(15-13-29)24(33)34-2/h5-9,11H,3-4,10,12-16H2,1-2H3,(H3,25,26,27,28). The van der Waals surface area contributed by atoms with Gasteiger partial charge in [0.2, 0.25) is 5.95 Å². The lowest BCUT2D eigenvalue weighted by molar-refractivity contribution is 0.121. The molecule has 1 fully saturated rings. The van der Waals surface area contributed by atoms with E-state index in [2.05, 4.69) is 39.2 Å². The van der Waals surface area contributed by atoms with E-state index in [0.717, 1.165) is 37.2 Å². The van der Waals surface area contributed by atoms with Crippen molar-refractivity contribution < 1.29 is 9.53 Å². The second kappa shape index (κ2) is 10.4. The fraction of sp³-hybridized carbons (Fsp3) is 0.417. The van der Waals surface area contributed by atoms with Gasteiger partial charge >= 0.3 is 6.09 Å². The Bertz CT molecular complexity index is 1200. The van der Waals surface area contributed by atoms with Crippen molar-refractivity contribution in [2.75, 3.05) is 55.8 Å². The summed E-state index contributed by atoms with van der Waals surface area (Å²) in [6, 6.07) is 9.96. The van der Waals surface area contributed by atoms with Crippen LogP contribution in [0.3, 0.4) is 0 Å².